The van der Waals surface area contributed by atoms with Gasteiger partial charge in [-0.3, -0.25) is 4.79 Å². The molecule has 0 spiro atoms. The van der Waals surface area contributed by atoms with Gasteiger partial charge in [0, 0.05) is 23.7 Å². The molecule has 0 unspecified atom stereocenters. The van der Waals surface area contributed by atoms with Gasteiger partial charge in [0.1, 0.15) is 12.3 Å². The molecule has 0 saturated heterocycles. The Kier molecular flexibility index (Phi) is 8.08. The summed E-state index contributed by atoms with van der Waals surface area (Å²) in [6.07, 6.45) is 3.36. The summed E-state index contributed by atoms with van der Waals surface area (Å²) in [5, 5.41) is 3.00. The van der Waals surface area contributed by atoms with Crippen molar-refractivity contribution in [1.82, 2.24) is 5.32 Å². The van der Waals surface area contributed by atoms with Gasteiger partial charge in [0.25, 0.3) is 0 Å². The van der Waals surface area contributed by atoms with Gasteiger partial charge in [-0.05, 0) is 44.5 Å². The van der Waals surface area contributed by atoms with Crippen LogP contribution in [0.15, 0.2) is 48.5 Å². The van der Waals surface area contributed by atoms with Gasteiger partial charge in [-0.25, -0.2) is 0 Å². The van der Waals surface area contributed by atoms with E-state index in [1.54, 1.807) is 19.3 Å². The van der Waals surface area contributed by atoms with Crippen molar-refractivity contribution in [3.05, 3.63) is 70.8 Å². The number of nitrogens with one attached hydrogen (secondary N) is 2. The molecule has 2 rings (SSSR count). The lowest BCUT2D eigenvalue weighted by Crippen LogP contribution is -3.10. The topological polar surface area (TPSA) is 42.8 Å². The number of rotatable bonds is 9. The maximum Gasteiger partial charge on any atom is 0.244 e. The smallest absolute Gasteiger partial charge is 0.244 e. The Morgan fingerprint density at radius 1 is 1.11 bits per heavy atom. The van der Waals surface area contributed by atoms with Crippen LogP contribution in [-0.4, -0.2) is 26.1 Å². The van der Waals surface area contributed by atoms with Crippen LogP contribution in [0.25, 0.3) is 6.08 Å². The van der Waals surface area contributed by atoms with E-state index < -0.39 is 0 Å². The van der Waals surface area contributed by atoms with Gasteiger partial charge < -0.3 is 15.0 Å². The molecule has 0 aliphatic rings. The van der Waals surface area contributed by atoms with Gasteiger partial charge in [0.15, 0.2) is 0 Å². The van der Waals surface area contributed by atoms with Crippen molar-refractivity contribution >= 4 is 12.0 Å². The molecule has 27 heavy (non-hydrogen) atoms. The van der Waals surface area contributed by atoms with Crippen LogP contribution in [0.2, 0.25) is 0 Å². The molecule has 0 radical (unpaired) electrons. The van der Waals surface area contributed by atoms with Crippen LogP contribution in [0.3, 0.4) is 0 Å². The molecule has 0 bridgehead atoms. The average Bonchev–Trinajstić information content (AvgIpc) is 2.69. The first-order valence-corrected chi connectivity index (χ1v) is 9.58. The highest BCUT2D eigenvalue weighted by Crippen LogP contribution is 2.20. The molecule has 144 valence electrons. The monoisotopic (exact) mass is 367 g/mol. The van der Waals surface area contributed by atoms with Crippen LogP contribution in [-0.2, 0) is 17.9 Å². The number of carbonyl (C=O) groups is 1. The predicted molar refractivity (Wildman–Crippen MR) is 111 cm³/mol. The van der Waals surface area contributed by atoms with Crippen molar-refractivity contribution < 1.29 is 14.4 Å². The molecular formula is C23H31N2O2+. The molecule has 0 aliphatic heterocycles. The SMILES string of the molecule is CC[NH+](CC)Cc1ccccc1CNC(=O)/C=C/c1cc(C)ccc1OC. The Labute approximate surface area is 162 Å². The van der Waals surface area contributed by atoms with E-state index in [2.05, 4.69) is 37.4 Å². The number of amides is 1. The molecule has 0 aliphatic carbocycles. The first-order valence-electron chi connectivity index (χ1n) is 9.58. The quantitative estimate of drug-likeness (QED) is 0.669. The molecule has 0 saturated carbocycles. The maximum atomic E-state index is 12.3. The second-order valence-corrected chi connectivity index (χ2v) is 6.70. The summed E-state index contributed by atoms with van der Waals surface area (Å²) >= 11 is 0. The minimum Gasteiger partial charge on any atom is -0.496 e. The van der Waals surface area contributed by atoms with E-state index in [0.717, 1.165) is 36.5 Å². The standard InChI is InChI=1S/C23H30N2O2/c1-5-25(6-2)17-21-10-8-7-9-20(21)16-24-23(26)14-12-19-15-18(3)11-13-22(19)27-4/h7-15H,5-6,16-17H2,1-4H3,(H,24,26)/p+1/b14-12+. The minimum absolute atomic E-state index is 0.108. The Balaban J connectivity index is 2.01. The van der Waals surface area contributed by atoms with E-state index >= 15 is 0 Å². The number of hydrogen-bond donors (Lipinski definition) is 2. The summed E-state index contributed by atoms with van der Waals surface area (Å²) in [6.45, 7) is 10.1. The fourth-order valence-corrected chi connectivity index (χ4v) is 3.06. The lowest BCUT2D eigenvalue weighted by atomic mass is 10.1. The third-order valence-corrected chi connectivity index (χ3v) is 4.81. The first kappa shape index (κ1) is 20.7. The predicted octanol–water partition coefficient (Wildman–Crippen LogP) is 2.76. The molecule has 2 aromatic carbocycles. The third kappa shape index (κ3) is 6.26. The Morgan fingerprint density at radius 2 is 1.81 bits per heavy atom. The molecule has 0 aromatic heterocycles. The number of quaternary nitrogens is 1. The second kappa shape index (κ2) is 10.5. The number of methoxy groups -OCH3 is 1. The zero-order valence-electron chi connectivity index (χ0n) is 16.8. The van der Waals surface area contributed by atoms with E-state index in [9.17, 15) is 4.79 Å². The fourth-order valence-electron chi connectivity index (χ4n) is 3.06. The van der Waals surface area contributed by atoms with Crippen molar-refractivity contribution in [3.63, 3.8) is 0 Å². The van der Waals surface area contributed by atoms with Gasteiger partial charge >= 0.3 is 0 Å². The fraction of sp³-hybridized carbons (Fsp3) is 0.348. The van der Waals surface area contributed by atoms with Gasteiger partial charge in [-0.1, -0.05) is 35.9 Å². The normalized spacial score (nSPS) is 11.1. The largest absolute Gasteiger partial charge is 0.496 e. The maximum absolute atomic E-state index is 12.3. The number of ether oxygens (including phenoxy) is 1. The Morgan fingerprint density at radius 3 is 2.48 bits per heavy atom. The summed E-state index contributed by atoms with van der Waals surface area (Å²) < 4.78 is 5.35. The molecular weight excluding hydrogens is 336 g/mol. The third-order valence-electron chi connectivity index (χ3n) is 4.81. The van der Waals surface area contributed by atoms with Gasteiger partial charge in [0.2, 0.25) is 5.91 Å². The van der Waals surface area contributed by atoms with Crippen LogP contribution >= 0.6 is 0 Å². The van der Waals surface area contributed by atoms with E-state index in [-0.39, 0.29) is 5.91 Å². The number of aryl methyl sites for hydroxylation is 1. The van der Waals surface area contributed by atoms with E-state index in [0.29, 0.717) is 6.54 Å². The summed E-state index contributed by atoms with van der Waals surface area (Å²) in [5.74, 6) is 0.653. The molecule has 2 N–H and O–H groups in total. The van der Waals surface area contributed by atoms with E-state index in [1.807, 2.05) is 31.2 Å². The van der Waals surface area contributed by atoms with Crippen LogP contribution in [0.4, 0.5) is 0 Å². The summed E-state index contributed by atoms with van der Waals surface area (Å²) in [7, 11) is 1.64. The average molecular weight is 368 g/mol. The molecule has 0 fully saturated rings. The van der Waals surface area contributed by atoms with Crippen molar-refractivity contribution in [2.24, 2.45) is 0 Å². The summed E-state index contributed by atoms with van der Waals surface area (Å²) in [5.41, 5.74) is 4.49. The molecule has 0 heterocycles. The summed E-state index contributed by atoms with van der Waals surface area (Å²) in [4.78, 5) is 13.8. The number of carbonyl (C=O) groups excluding carboxylic acids is 1. The molecule has 1 amide bonds. The minimum atomic E-state index is -0.108. The highest BCUT2D eigenvalue weighted by molar-refractivity contribution is 5.92. The lowest BCUT2D eigenvalue weighted by Gasteiger charge is -2.17. The molecule has 4 heteroatoms. The van der Waals surface area contributed by atoms with Crippen molar-refractivity contribution in [1.29, 1.82) is 0 Å². The first-order chi connectivity index (χ1) is 13.1. The van der Waals surface area contributed by atoms with Gasteiger partial charge in [0.05, 0.1) is 20.2 Å². The second-order valence-electron chi connectivity index (χ2n) is 6.70. The van der Waals surface area contributed by atoms with E-state index in [1.165, 1.54) is 16.0 Å². The number of hydrogen-bond acceptors (Lipinski definition) is 2. The van der Waals surface area contributed by atoms with Crippen molar-refractivity contribution in [2.75, 3.05) is 20.2 Å². The molecule has 4 nitrogen and oxygen atoms in total. The van der Waals surface area contributed by atoms with Gasteiger partial charge in [-0.15, -0.1) is 0 Å². The number of benzene rings is 2. The highest BCUT2D eigenvalue weighted by Gasteiger charge is 2.09. The van der Waals surface area contributed by atoms with Crippen LogP contribution < -0.4 is 15.0 Å². The molecule has 2 aromatic rings. The van der Waals surface area contributed by atoms with E-state index in [4.69, 9.17) is 4.74 Å². The highest BCUT2D eigenvalue weighted by atomic mass is 16.5. The zero-order valence-corrected chi connectivity index (χ0v) is 16.8. The van der Waals surface area contributed by atoms with Crippen molar-refractivity contribution in [3.8, 4) is 5.75 Å². The Bertz CT molecular complexity index is 780. The lowest BCUT2D eigenvalue weighted by molar-refractivity contribution is -0.910. The zero-order chi connectivity index (χ0) is 19.6. The van der Waals surface area contributed by atoms with Crippen LogP contribution in [0, 0.1) is 6.92 Å². The Hall–Kier alpha value is -2.59. The van der Waals surface area contributed by atoms with Crippen LogP contribution in [0.1, 0.15) is 36.1 Å². The van der Waals surface area contributed by atoms with Crippen molar-refractivity contribution in [2.45, 2.75) is 33.9 Å². The summed E-state index contributed by atoms with van der Waals surface area (Å²) in [6, 6.07) is 14.2. The van der Waals surface area contributed by atoms with Gasteiger partial charge in [-0.2, -0.15) is 0 Å². The molecule has 0 atom stereocenters. The van der Waals surface area contributed by atoms with Crippen LogP contribution in [0.5, 0.6) is 5.75 Å².